The van der Waals surface area contributed by atoms with E-state index in [1.54, 1.807) is 48.5 Å². The average Bonchev–Trinajstić information content (AvgIpc) is 2.83. The number of para-hydroxylation sites is 2. The van der Waals surface area contributed by atoms with Crippen LogP contribution >= 0.6 is 11.8 Å². The number of amides is 1. The third-order valence-electron chi connectivity index (χ3n) is 4.98. The Morgan fingerprint density at radius 2 is 1.67 bits per heavy atom. The first-order valence-corrected chi connectivity index (χ1v) is 13.2. The minimum atomic E-state index is -4.02. The largest absolute Gasteiger partial charge is 0.492 e. The summed E-state index contributed by atoms with van der Waals surface area (Å²) in [5, 5.41) is 2.82. The standard InChI is InChI=1S/C25H28N2O4S2/c1-4-31-24-8-6-5-7-23(24)27(33(29,30)22-15-13-21(32-3)14-16-22)18-25(28)26-17-20-11-9-19(2)10-12-20/h5-16H,4,17-18H2,1-3H3,(H,26,28). The molecule has 33 heavy (non-hydrogen) atoms. The maximum Gasteiger partial charge on any atom is 0.264 e. The topological polar surface area (TPSA) is 75.7 Å². The number of hydrogen-bond acceptors (Lipinski definition) is 5. The number of rotatable bonds is 10. The third kappa shape index (κ3) is 6.30. The van der Waals surface area contributed by atoms with Crippen molar-refractivity contribution in [2.75, 3.05) is 23.7 Å². The Balaban J connectivity index is 1.91. The van der Waals surface area contributed by atoms with Gasteiger partial charge in [-0.25, -0.2) is 8.42 Å². The van der Waals surface area contributed by atoms with E-state index in [0.717, 1.165) is 20.3 Å². The molecule has 6 nitrogen and oxygen atoms in total. The molecule has 0 saturated carbocycles. The predicted molar refractivity (Wildman–Crippen MR) is 133 cm³/mol. The Morgan fingerprint density at radius 3 is 2.30 bits per heavy atom. The number of benzene rings is 3. The molecule has 0 fully saturated rings. The fraction of sp³-hybridized carbons (Fsp3) is 0.240. The third-order valence-corrected chi connectivity index (χ3v) is 7.50. The van der Waals surface area contributed by atoms with Crippen molar-refractivity contribution in [2.45, 2.75) is 30.2 Å². The van der Waals surface area contributed by atoms with Crippen LogP contribution in [-0.4, -0.2) is 33.7 Å². The van der Waals surface area contributed by atoms with Gasteiger partial charge >= 0.3 is 0 Å². The molecular weight excluding hydrogens is 456 g/mol. The van der Waals surface area contributed by atoms with E-state index in [9.17, 15) is 13.2 Å². The molecule has 174 valence electrons. The summed E-state index contributed by atoms with van der Waals surface area (Å²) >= 11 is 1.53. The lowest BCUT2D eigenvalue weighted by molar-refractivity contribution is -0.119. The van der Waals surface area contributed by atoms with Crippen molar-refractivity contribution in [1.29, 1.82) is 0 Å². The minimum Gasteiger partial charge on any atom is -0.492 e. The SMILES string of the molecule is CCOc1ccccc1N(CC(=O)NCc1ccc(C)cc1)S(=O)(=O)c1ccc(SC)cc1. The van der Waals surface area contributed by atoms with Crippen molar-refractivity contribution in [2.24, 2.45) is 0 Å². The normalized spacial score (nSPS) is 11.1. The fourth-order valence-corrected chi connectivity index (χ4v) is 5.05. The van der Waals surface area contributed by atoms with Gasteiger partial charge in [0.1, 0.15) is 12.3 Å². The van der Waals surface area contributed by atoms with Crippen molar-refractivity contribution in [3.05, 3.63) is 83.9 Å². The summed E-state index contributed by atoms with van der Waals surface area (Å²) in [5.41, 5.74) is 2.38. The van der Waals surface area contributed by atoms with Gasteiger partial charge in [0.15, 0.2) is 0 Å². The first-order chi connectivity index (χ1) is 15.8. The van der Waals surface area contributed by atoms with Crippen LogP contribution in [0.25, 0.3) is 0 Å². The molecule has 0 unspecified atom stereocenters. The van der Waals surface area contributed by atoms with Crippen LogP contribution in [0, 0.1) is 6.92 Å². The molecule has 1 N–H and O–H groups in total. The number of nitrogens with one attached hydrogen (secondary N) is 1. The highest BCUT2D eigenvalue weighted by Gasteiger charge is 2.29. The zero-order valence-electron chi connectivity index (χ0n) is 18.9. The minimum absolute atomic E-state index is 0.109. The first kappa shape index (κ1) is 24.7. The second kappa shape index (κ2) is 11.2. The summed E-state index contributed by atoms with van der Waals surface area (Å²) in [4.78, 5) is 13.9. The lowest BCUT2D eigenvalue weighted by Gasteiger charge is -2.26. The molecule has 3 rings (SSSR count). The number of thioether (sulfide) groups is 1. The van der Waals surface area contributed by atoms with E-state index in [4.69, 9.17) is 4.74 Å². The number of anilines is 1. The van der Waals surface area contributed by atoms with Gasteiger partial charge in [0.05, 0.1) is 17.2 Å². The molecular formula is C25H28N2O4S2. The highest BCUT2D eigenvalue weighted by molar-refractivity contribution is 7.98. The van der Waals surface area contributed by atoms with Crippen LogP contribution in [0.2, 0.25) is 0 Å². The van der Waals surface area contributed by atoms with Gasteiger partial charge in [-0.05, 0) is 62.1 Å². The molecule has 8 heteroatoms. The van der Waals surface area contributed by atoms with Crippen LogP contribution in [-0.2, 0) is 21.4 Å². The van der Waals surface area contributed by atoms with Crippen molar-refractivity contribution in [1.82, 2.24) is 5.32 Å². The van der Waals surface area contributed by atoms with Crippen molar-refractivity contribution in [3.8, 4) is 5.75 Å². The second-order valence-electron chi connectivity index (χ2n) is 7.35. The number of carbonyl (C=O) groups excluding carboxylic acids is 1. The molecule has 3 aromatic rings. The lowest BCUT2D eigenvalue weighted by atomic mass is 10.1. The number of hydrogen-bond donors (Lipinski definition) is 1. The van der Waals surface area contributed by atoms with E-state index in [-0.39, 0.29) is 11.4 Å². The smallest absolute Gasteiger partial charge is 0.264 e. The molecule has 3 aromatic carbocycles. The molecule has 0 spiro atoms. The molecule has 1 amide bonds. The molecule has 0 heterocycles. The Hall–Kier alpha value is -2.97. The number of sulfonamides is 1. The van der Waals surface area contributed by atoms with Gasteiger partial charge in [0.2, 0.25) is 5.91 Å². The van der Waals surface area contributed by atoms with E-state index >= 15 is 0 Å². The van der Waals surface area contributed by atoms with E-state index in [1.807, 2.05) is 44.4 Å². The van der Waals surface area contributed by atoms with Gasteiger partial charge in [-0.2, -0.15) is 0 Å². The maximum atomic E-state index is 13.6. The summed E-state index contributed by atoms with van der Waals surface area (Å²) in [6, 6.07) is 21.2. The number of carbonyl (C=O) groups is 1. The van der Waals surface area contributed by atoms with Crippen LogP contribution in [0.5, 0.6) is 5.75 Å². The summed E-state index contributed by atoms with van der Waals surface area (Å²) in [6.45, 7) is 4.12. The van der Waals surface area contributed by atoms with Gasteiger partial charge in [-0.3, -0.25) is 9.10 Å². The van der Waals surface area contributed by atoms with Crippen LogP contribution in [0.3, 0.4) is 0 Å². The van der Waals surface area contributed by atoms with Crippen LogP contribution < -0.4 is 14.4 Å². The van der Waals surface area contributed by atoms with E-state index in [0.29, 0.717) is 24.6 Å². The molecule has 0 radical (unpaired) electrons. The monoisotopic (exact) mass is 484 g/mol. The summed E-state index contributed by atoms with van der Waals surface area (Å²) in [6.07, 6.45) is 1.92. The van der Waals surface area contributed by atoms with Crippen LogP contribution in [0.4, 0.5) is 5.69 Å². The average molecular weight is 485 g/mol. The van der Waals surface area contributed by atoms with Crippen molar-refractivity contribution < 1.29 is 17.9 Å². The maximum absolute atomic E-state index is 13.6. The van der Waals surface area contributed by atoms with Gasteiger partial charge < -0.3 is 10.1 Å². The van der Waals surface area contributed by atoms with Crippen LogP contribution in [0.1, 0.15) is 18.1 Å². The second-order valence-corrected chi connectivity index (χ2v) is 10.1. The Bertz CT molecular complexity index is 1180. The number of aryl methyl sites for hydroxylation is 1. The molecule has 0 aliphatic carbocycles. The van der Waals surface area contributed by atoms with Gasteiger partial charge in [0, 0.05) is 11.4 Å². The molecule has 0 aromatic heterocycles. The zero-order valence-corrected chi connectivity index (χ0v) is 20.6. The first-order valence-electron chi connectivity index (χ1n) is 10.6. The van der Waals surface area contributed by atoms with Gasteiger partial charge in [0.25, 0.3) is 10.0 Å². The number of nitrogens with zero attached hydrogens (tertiary/aromatic N) is 1. The molecule has 0 bridgehead atoms. The van der Waals surface area contributed by atoms with E-state index < -0.39 is 15.9 Å². The fourth-order valence-electron chi connectivity index (χ4n) is 3.21. The summed E-state index contributed by atoms with van der Waals surface area (Å²) in [5.74, 6) is -0.0122. The molecule has 0 aliphatic heterocycles. The number of ether oxygens (including phenoxy) is 1. The van der Waals surface area contributed by atoms with Crippen molar-refractivity contribution in [3.63, 3.8) is 0 Å². The van der Waals surface area contributed by atoms with Gasteiger partial charge in [-0.1, -0.05) is 42.0 Å². The Kier molecular flexibility index (Phi) is 8.41. The lowest BCUT2D eigenvalue weighted by Crippen LogP contribution is -2.40. The molecule has 0 aliphatic rings. The predicted octanol–water partition coefficient (Wildman–Crippen LogP) is 4.63. The molecule has 0 atom stereocenters. The molecule has 0 saturated heterocycles. The Morgan fingerprint density at radius 1 is 1.00 bits per heavy atom. The zero-order chi connectivity index (χ0) is 23.8. The summed E-state index contributed by atoms with van der Waals surface area (Å²) < 4.78 is 34.0. The van der Waals surface area contributed by atoms with Crippen molar-refractivity contribution >= 4 is 33.4 Å². The highest BCUT2D eigenvalue weighted by atomic mass is 32.2. The quantitative estimate of drug-likeness (QED) is 0.425. The van der Waals surface area contributed by atoms with Crippen LogP contribution in [0.15, 0.2) is 82.6 Å². The highest BCUT2D eigenvalue weighted by Crippen LogP contribution is 2.32. The Labute approximate surface area is 200 Å². The summed E-state index contributed by atoms with van der Waals surface area (Å²) in [7, 11) is -4.02. The van der Waals surface area contributed by atoms with E-state index in [2.05, 4.69) is 5.32 Å². The van der Waals surface area contributed by atoms with E-state index in [1.165, 1.54) is 11.8 Å². The van der Waals surface area contributed by atoms with Gasteiger partial charge in [-0.15, -0.1) is 11.8 Å².